The quantitative estimate of drug-likeness (QED) is 0.347. The molecule has 0 spiro atoms. The van der Waals surface area contributed by atoms with E-state index in [1.54, 1.807) is 30.3 Å². The molecule has 0 saturated carbocycles. The van der Waals surface area contributed by atoms with Crippen molar-refractivity contribution in [3.63, 3.8) is 0 Å². The van der Waals surface area contributed by atoms with Crippen LogP contribution in [0, 0.1) is 4.77 Å². The van der Waals surface area contributed by atoms with Gasteiger partial charge in [-0.25, -0.2) is 5.10 Å². The number of aromatic amines is 1. The SMILES string of the molecule is FC(F)(F)c1cc(-c2n[nH]c(=S)n2N=Cc2ccccc2)cc(C(F)(F)F)c1. The summed E-state index contributed by atoms with van der Waals surface area (Å²) in [6, 6.07) is 9.83. The molecule has 146 valence electrons. The Morgan fingerprint density at radius 1 is 0.929 bits per heavy atom. The fourth-order valence-corrected chi connectivity index (χ4v) is 2.51. The highest BCUT2D eigenvalue weighted by Crippen LogP contribution is 2.38. The lowest BCUT2D eigenvalue weighted by Gasteiger charge is -2.13. The summed E-state index contributed by atoms with van der Waals surface area (Å²) < 4.78 is 79.3. The molecule has 1 N–H and O–H groups in total. The minimum absolute atomic E-state index is 0.0440. The van der Waals surface area contributed by atoms with Gasteiger partial charge in [0.05, 0.1) is 17.3 Å². The van der Waals surface area contributed by atoms with Gasteiger partial charge in [-0.3, -0.25) is 0 Å². The molecule has 28 heavy (non-hydrogen) atoms. The zero-order valence-electron chi connectivity index (χ0n) is 13.7. The van der Waals surface area contributed by atoms with Crippen LogP contribution in [0.2, 0.25) is 0 Å². The molecule has 0 aliphatic heterocycles. The lowest BCUT2D eigenvalue weighted by atomic mass is 10.0. The average molecular weight is 416 g/mol. The van der Waals surface area contributed by atoms with Crippen molar-refractivity contribution in [3.05, 3.63) is 70.0 Å². The van der Waals surface area contributed by atoms with Crippen LogP contribution in [0.1, 0.15) is 16.7 Å². The predicted molar refractivity (Wildman–Crippen MR) is 92.3 cm³/mol. The summed E-state index contributed by atoms with van der Waals surface area (Å²) in [5.41, 5.74) is -2.69. The molecular weight excluding hydrogens is 406 g/mol. The maximum atomic E-state index is 13.1. The van der Waals surface area contributed by atoms with E-state index in [0.717, 1.165) is 4.68 Å². The van der Waals surface area contributed by atoms with Crippen molar-refractivity contribution in [3.8, 4) is 11.4 Å². The number of rotatable bonds is 3. The van der Waals surface area contributed by atoms with Gasteiger partial charge < -0.3 is 0 Å². The van der Waals surface area contributed by atoms with Crippen LogP contribution >= 0.6 is 12.2 Å². The molecule has 0 fully saturated rings. The average Bonchev–Trinajstić information content (AvgIpc) is 2.99. The molecule has 2 aromatic carbocycles. The molecule has 4 nitrogen and oxygen atoms in total. The maximum absolute atomic E-state index is 13.1. The first kappa shape index (κ1) is 19.8. The topological polar surface area (TPSA) is 46.0 Å². The third kappa shape index (κ3) is 4.30. The smallest absolute Gasteiger partial charge is 0.250 e. The number of benzene rings is 2. The second-order valence-electron chi connectivity index (χ2n) is 5.61. The Hall–Kier alpha value is -2.95. The summed E-state index contributed by atoms with van der Waals surface area (Å²) in [5.74, 6) is -0.284. The Morgan fingerprint density at radius 3 is 2.04 bits per heavy atom. The summed E-state index contributed by atoms with van der Waals surface area (Å²) in [5, 5.41) is 10.1. The van der Waals surface area contributed by atoms with E-state index < -0.39 is 29.0 Å². The van der Waals surface area contributed by atoms with Gasteiger partial charge in [0.2, 0.25) is 4.77 Å². The van der Waals surface area contributed by atoms with Crippen molar-refractivity contribution < 1.29 is 26.3 Å². The van der Waals surface area contributed by atoms with E-state index >= 15 is 0 Å². The van der Waals surface area contributed by atoms with Gasteiger partial charge in [0, 0.05) is 5.56 Å². The summed E-state index contributed by atoms with van der Waals surface area (Å²) in [4.78, 5) is 0. The minimum atomic E-state index is -4.97. The van der Waals surface area contributed by atoms with Gasteiger partial charge in [-0.1, -0.05) is 30.3 Å². The molecular formula is C17H10F6N4S. The monoisotopic (exact) mass is 416 g/mol. The van der Waals surface area contributed by atoms with Crippen LogP contribution in [0.4, 0.5) is 26.3 Å². The zero-order valence-corrected chi connectivity index (χ0v) is 14.5. The Balaban J connectivity index is 2.14. The Morgan fingerprint density at radius 2 is 1.50 bits per heavy atom. The molecule has 0 aliphatic carbocycles. The highest BCUT2D eigenvalue weighted by molar-refractivity contribution is 7.71. The number of nitrogens with zero attached hydrogens (tertiary/aromatic N) is 3. The summed E-state index contributed by atoms with van der Waals surface area (Å²) in [7, 11) is 0. The number of aromatic nitrogens is 3. The van der Waals surface area contributed by atoms with Gasteiger partial charge in [0.15, 0.2) is 5.82 Å². The van der Waals surface area contributed by atoms with Crippen LogP contribution in [0.5, 0.6) is 0 Å². The minimum Gasteiger partial charge on any atom is -0.250 e. The largest absolute Gasteiger partial charge is 0.416 e. The summed E-state index contributed by atoms with van der Waals surface area (Å²) in [6.45, 7) is 0. The van der Waals surface area contributed by atoms with Crippen LogP contribution in [-0.4, -0.2) is 21.1 Å². The van der Waals surface area contributed by atoms with Crippen LogP contribution in [-0.2, 0) is 12.4 Å². The molecule has 0 bridgehead atoms. The highest BCUT2D eigenvalue weighted by Gasteiger charge is 2.37. The fraction of sp³-hybridized carbons (Fsp3) is 0.118. The Kier molecular flexibility index (Phi) is 5.11. The number of hydrogen-bond donors (Lipinski definition) is 1. The van der Waals surface area contributed by atoms with Crippen molar-refractivity contribution in [2.75, 3.05) is 0 Å². The molecule has 0 atom stereocenters. The predicted octanol–water partition coefficient (Wildman–Crippen LogP) is 5.53. The van der Waals surface area contributed by atoms with Crippen LogP contribution in [0.3, 0.4) is 0 Å². The Bertz CT molecular complexity index is 1030. The number of H-pyrrole nitrogens is 1. The van der Waals surface area contributed by atoms with E-state index in [1.807, 2.05) is 0 Å². The summed E-state index contributed by atoms with van der Waals surface area (Å²) in [6.07, 6.45) is -8.59. The molecule has 1 aromatic heterocycles. The first-order valence-corrected chi connectivity index (χ1v) is 8.03. The zero-order chi connectivity index (χ0) is 20.5. The maximum Gasteiger partial charge on any atom is 0.416 e. The first-order valence-electron chi connectivity index (χ1n) is 7.62. The molecule has 11 heteroatoms. The summed E-state index contributed by atoms with van der Waals surface area (Å²) >= 11 is 4.99. The van der Waals surface area contributed by atoms with Gasteiger partial charge in [0.1, 0.15) is 0 Å². The van der Waals surface area contributed by atoms with E-state index in [4.69, 9.17) is 12.2 Å². The normalized spacial score (nSPS) is 12.6. The molecule has 0 amide bonds. The van der Waals surface area contributed by atoms with Crippen LogP contribution < -0.4 is 0 Å². The van der Waals surface area contributed by atoms with Crippen molar-refractivity contribution >= 4 is 18.4 Å². The van der Waals surface area contributed by atoms with E-state index in [1.165, 1.54) is 6.21 Å². The van der Waals surface area contributed by atoms with E-state index in [2.05, 4.69) is 15.3 Å². The third-order valence-electron chi connectivity index (χ3n) is 3.62. The van der Waals surface area contributed by atoms with E-state index in [0.29, 0.717) is 17.7 Å². The molecule has 0 saturated heterocycles. The Labute approximate surface area is 159 Å². The second-order valence-corrected chi connectivity index (χ2v) is 6.00. The van der Waals surface area contributed by atoms with Crippen molar-refractivity contribution in [1.29, 1.82) is 0 Å². The molecule has 0 aliphatic rings. The van der Waals surface area contributed by atoms with Gasteiger partial charge in [-0.15, -0.1) is 0 Å². The number of halogens is 6. The standard InChI is InChI=1S/C17H10F6N4S/c18-16(19,20)12-6-11(7-13(8-12)17(21,22)23)14-25-26-15(28)27(14)24-9-10-4-2-1-3-5-10/h1-9H,(H,26,28). The molecule has 0 unspecified atom stereocenters. The lowest BCUT2D eigenvalue weighted by Crippen LogP contribution is -2.11. The number of nitrogens with one attached hydrogen (secondary N) is 1. The number of alkyl halides is 6. The lowest BCUT2D eigenvalue weighted by molar-refractivity contribution is -0.143. The third-order valence-corrected chi connectivity index (χ3v) is 3.88. The van der Waals surface area contributed by atoms with Gasteiger partial charge in [0.25, 0.3) is 0 Å². The van der Waals surface area contributed by atoms with Gasteiger partial charge >= 0.3 is 12.4 Å². The van der Waals surface area contributed by atoms with E-state index in [-0.39, 0.29) is 16.7 Å². The molecule has 3 aromatic rings. The molecule has 1 heterocycles. The first-order chi connectivity index (χ1) is 13.1. The number of hydrogen-bond acceptors (Lipinski definition) is 3. The van der Waals surface area contributed by atoms with Crippen molar-refractivity contribution in [2.45, 2.75) is 12.4 Å². The molecule has 3 rings (SSSR count). The van der Waals surface area contributed by atoms with Crippen LogP contribution in [0.25, 0.3) is 11.4 Å². The van der Waals surface area contributed by atoms with Gasteiger partial charge in [-0.2, -0.15) is 41.2 Å². The van der Waals surface area contributed by atoms with Crippen LogP contribution in [0.15, 0.2) is 53.6 Å². The van der Waals surface area contributed by atoms with Gasteiger partial charge in [-0.05, 0) is 36.0 Å². The molecule has 0 radical (unpaired) electrons. The fourth-order valence-electron chi connectivity index (χ4n) is 2.33. The van der Waals surface area contributed by atoms with Crippen molar-refractivity contribution in [1.82, 2.24) is 14.9 Å². The highest BCUT2D eigenvalue weighted by atomic mass is 32.1. The van der Waals surface area contributed by atoms with E-state index in [9.17, 15) is 26.3 Å². The van der Waals surface area contributed by atoms with Crippen molar-refractivity contribution in [2.24, 2.45) is 5.10 Å². The second kappa shape index (κ2) is 7.23.